The molecule has 0 atom stereocenters. The van der Waals surface area contributed by atoms with Crippen LogP contribution in [0.3, 0.4) is 0 Å². The van der Waals surface area contributed by atoms with Crippen molar-refractivity contribution in [2.24, 2.45) is 0 Å². The van der Waals surface area contributed by atoms with Crippen molar-refractivity contribution in [2.75, 3.05) is 0 Å². The minimum Gasteiger partial charge on any atom is -0.207 e. The molecule has 0 N–H and O–H groups in total. The lowest BCUT2D eigenvalue weighted by Crippen LogP contribution is -1.83. The molecule has 0 unspecified atom stereocenters. The molecule has 568 valence electrons. The number of thiophene rings is 8. The van der Waals surface area contributed by atoms with Crippen LogP contribution in [0, 0.1) is 64.0 Å². The first-order valence-corrected chi connectivity index (χ1v) is 43.1. The molecule has 8 aromatic heterocycles. The molecule has 0 aliphatic rings. The summed E-state index contributed by atoms with van der Waals surface area (Å²) in [6, 6.07) is 79.4. The van der Waals surface area contributed by atoms with Crippen molar-refractivity contribution in [1.82, 2.24) is 0 Å². The van der Waals surface area contributed by atoms with Gasteiger partial charge in [0.05, 0.1) is 39.0 Å². The Morgan fingerprint density at radius 3 is 0.513 bits per heavy atom. The average Bonchev–Trinajstić information content (AvgIpc) is 1.60. The van der Waals surface area contributed by atoms with Crippen LogP contribution in [0.4, 0.5) is 48.3 Å². The van der Waals surface area contributed by atoms with Crippen LogP contribution in [0.25, 0.3) is 191 Å². The second-order valence-corrected chi connectivity index (χ2v) is 35.7. The Labute approximate surface area is 695 Å². The van der Waals surface area contributed by atoms with Crippen LogP contribution >= 0.6 is 90.7 Å². The quantitative estimate of drug-likeness (QED) is 0.0751. The van der Waals surface area contributed by atoms with Crippen molar-refractivity contribution in [3.05, 3.63) is 372 Å². The average molecular weight is 1690 g/mol. The minimum atomic E-state index is -0.576. The summed E-state index contributed by atoms with van der Waals surface area (Å²) in [7, 11) is 0. The van der Waals surface area contributed by atoms with Crippen molar-refractivity contribution < 1.29 is 48.3 Å². The van der Waals surface area contributed by atoms with Gasteiger partial charge in [0.2, 0.25) is 0 Å². The first-order chi connectivity index (χ1) is 56.9. The molecule has 11 aromatic carbocycles. The second-order valence-electron chi connectivity index (χ2n) is 27.6. The van der Waals surface area contributed by atoms with Gasteiger partial charge in [0, 0.05) is 90.5 Å². The highest BCUT2D eigenvalue weighted by Crippen LogP contribution is 2.57. The Balaban J connectivity index is 0.684. The summed E-state index contributed by atoms with van der Waals surface area (Å²) in [5, 5.41) is 3.91. The van der Waals surface area contributed by atoms with Gasteiger partial charge < -0.3 is 0 Å². The van der Waals surface area contributed by atoms with Gasteiger partial charge in [-0.25, -0.2) is 48.3 Å². The standard InChI is InChI=1S/C98H51F11S8/c99-63-20-1-52(2-21-63)71-39-41-110-91(71)93-76(54-5-24-65(101)25-6-54)46-85(112-93)60-17-37-74(83(108)43-60)89-50-80(58-13-32-69(105)33-14-58)97(116-89)96-78(56-9-28-67(103)29-10-56)48-87(114-96)62-19-38-75(84(109)45-62)90-51-81(59-15-34-70(106)35-16-59)98(117-90)95-77(55-7-26-66(102)27-8-55)47-86(113-95)61-18-36-73(82(107)44-61)88-49-79(57-11-30-68(104)31-12-57)94(115-88)92-72(40-42-111-92)53-3-22-64(100)23-4-53/h1-51H. The number of halogens is 11. The number of benzene rings is 11. The fourth-order valence-corrected chi connectivity index (χ4v) is 24.2. The van der Waals surface area contributed by atoms with Gasteiger partial charge >= 0.3 is 0 Å². The summed E-state index contributed by atoms with van der Waals surface area (Å²) in [5.74, 6) is -5.00. The maximum atomic E-state index is 17.8. The summed E-state index contributed by atoms with van der Waals surface area (Å²) in [6.45, 7) is 0. The Hall–Kier alpha value is -11.8. The van der Waals surface area contributed by atoms with Crippen LogP contribution in [-0.2, 0) is 0 Å². The van der Waals surface area contributed by atoms with Crippen LogP contribution in [-0.4, -0.2) is 0 Å². The summed E-state index contributed by atoms with van der Waals surface area (Å²) < 4.78 is 169. The van der Waals surface area contributed by atoms with Crippen LogP contribution in [0.5, 0.6) is 0 Å². The predicted octanol–water partition coefficient (Wildman–Crippen LogP) is 33.7. The van der Waals surface area contributed by atoms with E-state index in [9.17, 15) is 35.1 Å². The van der Waals surface area contributed by atoms with Crippen molar-refractivity contribution in [2.45, 2.75) is 0 Å². The number of hydrogen-bond acceptors (Lipinski definition) is 8. The minimum absolute atomic E-state index is 0.248. The smallest absolute Gasteiger partial charge is 0.132 e. The third-order valence-corrected chi connectivity index (χ3v) is 29.9. The van der Waals surface area contributed by atoms with Crippen LogP contribution in [0.15, 0.2) is 308 Å². The lowest BCUT2D eigenvalue weighted by Gasteiger charge is -2.07. The van der Waals surface area contributed by atoms with E-state index in [0.29, 0.717) is 111 Å². The van der Waals surface area contributed by atoms with E-state index in [0.717, 1.165) is 68.9 Å². The normalized spacial score (nSPS) is 11.5. The first-order valence-electron chi connectivity index (χ1n) is 36.4. The van der Waals surface area contributed by atoms with Gasteiger partial charge in [-0.3, -0.25) is 0 Å². The van der Waals surface area contributed by atoms with E-state index in [4.69, 9.17) is 0 Å². The molecule has 19 aromatic rings. The highest BCUT2D eigenvalue weighted by molar-refractivity contribution is 7.27. The number of hydrogen-bond donors (Lipinski definition) is 0. The lowest BCUT2D eigenvalue weighted by molar-refractivity contribution is 0.627. The monoisotopic (exact) mass is 1690 g/mol. The summed E-state index contributed by atoms with van der Waals surface area (Å²) >= 11 is 11.2. The van der Waals surface area contributed by atoms with Gasteiger partial charge in [-0.05, 0) is 254 Å². The van der Waals surface area contributed by atoms with Crippen molar-refractivity contribution >= 4 is 90.7 Å². The van der Waals surface area contributed by atoms with Gasteiger partial charge in [-0.2, -0.15) is 0 Å². The molecular weight excluding hydrogens is 1640 g/mol. The zero-order valence-corrected chi connectivity index (χ0v) is 66.9. The molecule has 19 heteroatoms. The van der Waals surface area contributed by atoms with Crippen molar-refractivity contribution in [3.63, 3.8) is 0 Å². The Kier molecular flexibility index (Phi) is 20.2. The van der Waals surface area contributed by atoms with E-state index >= 15 is 13.2 Å². The van der Waals surface area contributed by atoms with Gasteiger partial charge in [-0.1, -0.05) is 115 Å². The predicted molar refractivity (Wildman–Crippen MR) is 467 cm³/mol. The van der Waals surface area contributed by atoms with E-state index in [1.807, 2.05) is 77.5 Å². The van der Waals surface area contributed by atoms with Crippen molar-refractivity contribution in [3.8, 4) is 191 Å². The zero-order valence-electron chi connectivity index (χ0n) is 60.4. The molecule has 19 rings (SSSR count). The highest BCUT2D eigenvalue weighted by Gasteiger charge is 2.29. The fourth-order valence-electron chi connectivity index (χ4n) is 14.5. The first kappa shape index (κ1) is 75.3. The molecule has 0 bridgehead atoms. The van der Waals surface area contributed by atoms with E-state index in [1.54, 1.807) is 115 Å². The third kappa shape index (κ3) is 14.8. The van der Waals surface area contributed by atoms with E-state index in [2.05, 4.69) is 0 Å². The van der Waals surface area contributed by atoms with E-state index < -0.39 is 52.4 Å². The van der Waals surface area contributed by atoms with Crippen LogP contribution < -0.4 is 0 Å². The van der Waals surface area contributed by atoms with Gasteiger partial charge in [0.1, 0.15) is 64.0 Å². The zero-order chi connectivity index (χ0) is 79.9. The third-order valence-electron chi connectivity index (χ3n) is 20.3. The second kappa shape index (κ2) is 31.4. The van der Waals surface area contributed by atoms with Gasteiger partial charge in [0.25, 0.3) is 0 Å². The molecule has 0 spiro atoms. The molecule has 8 heterocycles. The Morgan fingerprint density at radius 1 is 0.137 bits per heavy atom. The SMILES string of the molecule is Fc1ccc(-c2ccsc2-c2sc(-c3ccc(-c4cc(-c5ccc(F)cc5)c(-c5sc(-c6ccc(-c7cc(-c8ccc(F)cc8)c(-c8sc(-c9ccc(-c%10cc(-c%11ccc(F)cc%11)c(-c%11sccc%11-c%11ccc(F)cc%11)s%10)c(F)c9)cc8-c8ccc(F)cc8)s7)c(F)c6)cc5-c5ccc(F)cc5)s4)c(F)c3)cc2-c2ccc(F)cc2)cc1. The molecule has 0 amide bonds. The maximum absolute atomic E-state index is 17.8. The summed E-state index contributed by atoms with van der Waals surface area (Å²) in [4.78, 5) is 9.96. The summed E-state index contributed by atoms with van der Waals surface area (Å²) in [5.41, 5.74) is 14.1. The van der Waals surface area contributed by atoms with Crippen LogP contribution in [0.1, 0.15) is 0 Å². The van der Waals surface area contributed by atoms with Gasteiger partial charge in [-0.15, -0.1) is 90.7 Å². The molecule has 0 aliphatic heterocycles. The molecule has 0 fully saturated rings. The van der Waals surface area contributed by atoms with Gasteiger partial charge in [0.15, 0.2) is 0 Å². The fraction of sp³-hybridized carbons (Fsp3) is 0. The van der Waals surface area contributed by atoms with Crippen molar-refractivity contribution in [1.29, 1.82) is 0 Å². The summed E-state index contributed by atoms with van der Waals surface area (Å²) in [6.07, 6.45) is 0. The van der Waals surface area contributed by atoms with Crippen LogP contribution in [0.2, 0.25) is 0 Å². The number of rotatable bonds is 18. The van der Waals surface area contributed by atoms with E-state index in [1.165, 1.54) is 206 Å². The van der Waals surface area contributed by atoms with E-state index in [-0.39, 0.29) is 22.8 Å². The topological polar surface area (TPSA) is 0 Å². The Morgan fingerprint density at radius 2 is 0.308 bits per heavy atom. The molecule has 117 heavy (non-hydrogen) atoms. The molecule has 0 saturated carbocycles. The Bertz CT molecular complexity index is 6960. The molecule has 0 saturated heterocycles. The molecule has 0 nitrogen and oxygen atoms in total. The lowest BCUT2D eigenvalue weighted by atomic mass is 9.99. The maximum Gasteiger partial charge on any atom is 0.132 e. The molecular formula is C98H51F11S8. The largest absolute Gasteiger partial charge is 0.207 e. The highest BCUT2D eigenvalue weighted by atomic mass is 32.1. The molecule has 0 radical (unpaired) electrons. The molecule has 0 aliphatic carbocycles.